The maximum absolute atomic E-state index is 13.1. The summed E-state index contributed by atoms with van der Waals surface area (Å²) in [4.78, 5) is 18.7. The van der Waals surface area contributed by atoms with Crippen LogP contribution in [0.5, 0.6) is 0 Å². The van der Waals surface area contributed by atoms with Gasteiger partial charge in [-0.2, -0.15) is 0 Å². The van der Waals surface area contributed by atoms with Gasteiger partial charge in [0.25, 0.3) is 5.56 Å². The third kappa shape index (κ3) is 17.4. The van der Waals surface area contributed by atoms with Crippen LogP contribution >= 0.6 is 7.60 Å². The van der Waals surface area contributed by atoms with Crippen molar-refractivity contribution in [1.82, 2.24) is 15.3 Å². The van der Waals surface area contributed by atoms with Gasteiger partial charge in [-0.15, -0.1) is 0 Å². The first-order valence-electron chi connectivity index (χ1n) is 17.7. The summed E-state index contributed by atoms with van der Waals surface area (Å²) in [7, 11) is -3.36. The molecule has 256 valence electrons. The van der Waals surface area contributed by atoms with Crippen LogP contribution in [0, 0.1) is 0 Å². The molecule has 10 nitrogen and oxygen atoms in total. The molecular weight excluding hydrogens is 579 g/mol. The number of aromatic nitrogens is 2. The van der Waals surface area contributed by atoms with Crippen LogP contribution in [0.2, 0.25) is 0 Å². The number of hydrogen-bond donors (Lipinski definition) is 5. The highest BCUT2D eigenvalue weighted by Crippen LogP contribution is 2.48. The van der Waals surface area contributed by atoms with Gasteiger partial charge in [-0.3, -0.25) is 9.36 Å². The van der Waals surface area contributed by atoms with Crippen molar-refractivity contribution in [3.05, 3.63) is 22.4 Å². The van der Waals surface area contributed by atoms with E-state index in [0.717, 1.165) is 31.4 Å². The van der Waals surface area contributed by atoms with Crippen LogP contribution in [0.25, 0.3) is 0 Å². The SMILES string of the molecule is CCOP(=O)(CC(O)CNCC1CNc2c1nc[nH]c2=O)OCCCCCCCCCCCCCCCCCCCCCO. The van der Waals surface area contributed by atoms with E-state index in [9.17, 15) is 14.5 Å². The lowest BCUT2D eigenvalue weighted by Gasteiger charge is -2.21. The Morgan fingerprint density at radius 2 is 1.41 bits per heavy atom. The molecule has 1 aromatic rings. The first kappa shape index (κ1) is 38.9. The highest BCUT2D eigenvalue weighted by Gasteiger charge is 2.29. The molecule has 1 aromatic heterocycles. The monoisotopic (exact) mass is 642 g/mol. The number of unbranched alkanes of at least 4 members (excludes halogenated alkanes) is 18. The van der Waals surface area contributed by atoms with Gasteiger partial charge in [-0.05, 0) is 19.8 Å². The minimum Gasteiger partial charge on any atom is -0.396 e. The lowest BCUT2D eigenvalue weighted by Crippen LogP contribution is -2.33. The van der Waals surface area contributed by atoms with Crippen molar-refractivity contribution in [3.8, 4) is 0 Å². The van der Waals surface area contributed by atoms with Gasteiger partial charge in [-0.1, -0.05) is 109 Å². The molecule has 5 N–H and O–H groups in total. The molecule has 1 aliphatic rings. The molecule has 0 amide bonds. The molecule has 11 heteroatoms. The topological polar surface area (TPSA) is 146 Å². The average Bonchev–Trinajstić information content (AvgIpc) is 3.42. The summed E-state index contributed by atoms with van der Waals surface area (Å²) in [6, 6.07) is 0. The van der Waals surface area contributed by atoms with E-state index >= 15 is 0 Å². The predicted octanol–water partition coefficient (Wildman–Crippen LogP) is 6.88. The van der Waals surface area contributed by atoms with Gasteiger partial charge < -0.3 is 34.9 Å². The second-order valence-corrected chi connectivity index (χ2v) is 14.5. The zero-order chi connectivity index (χ0) is 31.7. The van der Waals surface area contributed by atoms with Crippen molar-refractivity contribution in [2.45, 2.75) is 141 Å². The molecule has 3 unspecified atom stereocenters. The fourth-order valence-electron chi connectivity index (χ4n) is 5.89. The lowest BCUT2D eigenvalue weighted by atomic mass is 10.0. The average molecular weight is 643 g/mol. The third-order valence-electron chi connectivity index (χ3n) is 8.42. The summed E-state index contributed by atoms with van der Waals surface area (Å²) in [5, 5.41) is 25.6. The van der Waals surface area contributed by atoms with Gasteiger partial charge in [0.1, 0.15) is 5.69 Å². The molecule has 2 rings (SSSR count). The molecule has 1 aliphatic heterocycles. The molecule has 0 fully saturated rings. The van der Waals surface area contributed by atoms with Gasteiger partial charge in [0.15, 0.2) is 0 Å². The molecule has 0 aliphatic carbocycles. The van der Waals surface area contributed by atoms with Gasteiger partial charge in [-0.25, -0.2) is 4.98 Å². The summed E-state index contributed by atoms with van der Waals surface area (Å²) in [5.74, 6) is 0.0314. The molecule has 0 aromatic carbocycles. The fraction of sp³-hybridized carbons (Fsp3) is 0.879. The van der Waals surface area contributed by atoms with E-state index in [-0.39, 0.29) is 30.8 Å². The zero-order valence-electron chi connectivity index (χ0n) is 27.5. The number of fused-ring (bicyclic) bond motifs is 1. The highest BCUT2D eigenvalue weighted by atomic mass is 31.2. The molecule has 0 radical (unpaired) electrons. The molecule has 44 heavy (non-hydrogen) atoms. The Hall–Kier alpha value is -1.29. The summed E-state index contributed by atoms with van der Waals surface area (Å²) in [6.45, 7) is 4.18. The minimum absolute atomic E-state index is 0.0314. The summed E-state index contributed by atoms with van der Waals surface area (Å²) < 4.78 is 24.3. The number of aliphatic hydroxyl groups is 2. The van der Waals surface area contributed by atoms with Crippen LogP contribution in [0.4, 0.5) is 5.69 Å². The normalized spacial score (nSPS) is 16.5. The van der Waals surface area contributed by atoms with Crippen LogP contribution in [0.3, 0.4) is 0 Å². The van der Waals surface area contributed by atoms with Crippen molar-refractivity contribution < 1.29 is 23.8 Å². The predicted molar refractivity (Wildman–Crippen MR) is 180 cm³/mol. The van der Waals surface area contributed by atoms with E-state index in [1.165, 1.54) is 103 Å². The largest absolute Gasteiger partial charge is 0.396 e. The number of rotatable bonds is 30. The maximum atomic E-state index is 13.1. The minimum atomic E-state index is -3.36. The van der Waals surface area contributed by atoms with E-state index in [4.69, 9.17) is 14.2 Å². The van der Waals surface area contributed by atoms with Crippen LogP contribution in [0.15, 0.2) is 11.1 Å². The first-order chi connectivity index (χ1) is 21.5. The number of nitrogens with zero attached hydrogens (tertiary/aromatic N) is 1. The van der Waals surface area contributed by atoms with Crippen molar-refractivity contribution in [2.75, 3.05) is 50.9 Å². The van der Waals surface area contributed by atoms with E-state index in [2.05, 4.69) is 20.6 Å². The van der Waals surface area contributed by atoms with Crippen LogP contribution in [-0.4, -0.2) is 71.9 Å². The quantitative estimate of drug-likeness (QED) is 0.0448. The molecule has 0 spiro atoms. The molecule has 3 atom stereocenters. The number of anilines is 1. The molecule has 0 bridgehead atoms. The van der Waals surface area contributed by atoms with Gasteiger partial charge in [0.2, 0.25) is 0 Å². The van der Waals surface area contributed by atoms with E-state index in [1.54, 1.807) is 6.92 Å². The molecular formula is C33H63N4O6P. The van der Waals surface area contributed by atoms with Crippen LogP contribution in [0.1, 0.15) is 141 Å². The van der Waals surface area contributed by atoms with Crippen LogP contribution in [-0.2, 0) is 13.6 Å². The smallest absolute Gasteiger partial charge is 0.333 e. The van der Waals surface area contributed by atoms with Gasteiger partial charge in [0, 0.05) is 32.2 Å². The number of hydrogen-bond acceptors (Lipinski definition) is 9. The highest BCUT2D eigenvalue weighted by molar-refractivity contribution is 7.53. The van der Waals surface area contributed by atoms with Crippen molar-refractivity contribution in [2.24, 2.45) is 0 Å². The summed E-state index contributed by atoms with van der Waals surface area (Å²) in [6.07, 6.45) is 24.5. The molecule has 0 saturated carbocycles. The maximum Gasteiger partial charge on any atom is 0.333 e. The Balaban J connectivity index is 1.40. The zero-order valence-corrected chi connectivity index (χ0v) is 28.4. The van der Waals surface area contributed by atoms with E-state index in [0.29, 0.717) is 32.0 Å². The van der Waals surface area contributed by atoms with E-state index < -0.39 is 13.7 Å². The number of aromatic amines is 1. The Bertz CT molecular complexity index is 949. The van der Waals surface area contributed by atoms with Crippen molar-refractivity contribution in [1.29, 1.82) is 0 Å². The van der Waals surface area contributed by atoms with Crippen LogP contribution < -0.4 is 16.2 Å². The van der Waals surface area contributed by atoms with E-state index in [1.807, 2.05) is 0 Å². The summed E-state index contributed by atoms with van der Waals surface area (Å²) >= 11 is 0. The number of H-pyrrole nitrogens is 1. The lowest BCUT2D eigenvalue weighted by molar-refractivity contribution is 0.162. The second kappa shape index (κ2) is 24.9. The Kier molecular flexibility index (Phi) is 22.0. The second-order valence-electron chi connectivity index (χ2n) is 12.4. The number of aliphatic hydroxyl groups excluding tert-OH is 2. The number of nitrogens with one attached hydrogen (secondary N) is 3. The first-order valence-corrected chi connectivity index (χ1v) is 19.4. The van der Waals surface area contributed by atoms with Gasteiger partial charge in [0.05, 0.1) is 37.5 Å². The van der Waals surface area contributed by atoms with Crippen molar-refractivity contribution in [3.63, 3.8) is 0 Å². The third-order valence-corrected chi connectivity index (χ3v) is 10.5. The van der Waals surface area contributed by atoms with Gasteiger partial charge >= 0.3 is 7.60 Å². The standard InChI is InChI=1S/C33H63N4O6P/c1-2-42-44(41,27-30(39)26-34-24-29-25-35-32-31(29)36-28-37-33(32)40)43-23-21-19-17-15-13-11-9-7-5-3-4-6-8-10-12-14-16-18-20-22-38/h28-30,34-35,38-39H,2-27H2,1H3,(H,36,37,40). The molecule has 2 heterocycles. The Labute approximate surface area is 266 Å². The Morgan fingerprint density at radius 3 is 1.93 bits per heavy atom. The molecule has 0 saturated heterocycles. The fourth-order valence-corrected chi connectivity index (χ4v) is 7.62. The summed E-state index contributed by atoms with van der Waals surface area (Å²) in [5.41, 5.74) is 1.06. The van der Waals surface area contributed by atoms with Crippen molar-refractivity contribution >= 4 is 13.3 Å². The Morgan fingerprint density at radius 1 is 0.886 bits per heavy atom.